The van der Waals surface area contributed by atoms with Gasteiger partial charge in [-0.05, 0) is 18.7 Å². The van der Waals surface area contributed by atoms with Crippen LogP contribution in [0.15, 0.2) is 24.3 Å². The molecule has 4 heteroatoms. The van der Waals surface area contributed by atoms with E-state index in [9.17, 15) is 0 Å². The highest BCUT2D eigenvalue weighted by Crippen LogP contribution is 2.27. The maximum absolute atomic E-state index is 6.29. The molecule has 0 spiro atoms. The van der Waals surface area contributed by atoms with Crippen molar-refractivity contribution in [3.63, 3.8) is 0 Å². The molecule has 3 rings (SSSR count). The largest absolute Gasteiger partial charge is 0.307 e. The highest BCUT2D eigenvalue weighted by Gasteiger charge is 2.32. The highest BCUT2D eigenvalue weighted by molar-refractivity contribution is 6.31. The first-order valence-electron chi connectivity index (χ1n) is 6.64. The van der Waals surface area contributed by atoms with Gasteiger partial charge in [-0.1, -0.05) is 29.8 Å². The monoisotopic (exact) mass is 265 g/mol. The van der Waals surface area contributed by atoms with E-state index in [0.29, 0.717) is 12.1 Å². The van der Waals surface area contributed by atoms with Gasteiger partial charge >= 0.3 is 0 Å². The van der Waals surface area contributed by atoms with E-state index < -0.39 is 0 Å². The fourth-order valence-electron chi connectivity index (χ4n) is 3.03. The molecule has 1 aromatic carbocycles. The van der Waals surface area contributed by atoms with Crippen LogP contribution in [0.1, 0.15) is 11.6 Å². The summed E-state index contributed by atoms with van der Waals surface area (Å²) in [5.74, 6) is 0. The standard InChI is InChI=1S/C14H20ClN3/c1-17-6-7-18-10-14(16-8-11(18)9-17)12-4-2-3-5-13(12)15/h2-5,11,14,16H,6-10H2,1H3. The third-order valence-corrected chi connectivity index (χ3v) is 4.45. The first-order valence-corrected chi connectivity index (χ1v) is 7.02. The summed E-state index contributed by atoms with van der Waals surface area (Å²) in [5.41, 5.74) is 1.23. The smallest absolute Gasteiger partial charge is 0.0464 e. The molecule has 18 heavy (non-hydrogen) atoms. The van der Waals surface area contributed by atoms with E-state index in [1.807, 2.05) is 12.1 Å². The minimum Gasteiger partial charge on any atom is -0.307 e. The summed E-state index contributed by atoms with van der Waals surface area (Å²) in [7, 11) is 2.21. The number of likely N-dealkylation sites (N-methyl/N-ethyl adjacent to an activating group) is 1. The molecule has 0 amide bonds. The van der Waals surface area contributed by atoms with Gasteiger partial charge < -0.3 is 10.2 Å². The molecule has 3 nitrogen and oxygen atoms in total. The second-order valence-corrected chi connectivity index (χ2v) is 5.80. The number of fused-ring (bicyclic) bond motifs is 1. The van der Waals surface area contributed by atoms with Crippen LogP contribution in [0.3, 0.4) is 0 Å². The summed E-state index contributed by atoms with van der Waals surface area (Å²) < 4.78 is 0. The van der Waals surface area contributed by atoms with E-state index >= 15 is 0 Å². The van der Waals surface area contributed by atoms with Gasteiger partial charge in [0.25, 0.3) is 0 Å². The van der Waals surface area contributed by atoms with E-state index in [0.717, 1.165) is 18.1 Å². The summed E-state index contributed by atoms with van der Waals surface area (Å²) in [6.45, 7) is 5.64. The zero-order valence-corrected chi connectivity index (χ0v) is 11.5. The average Bonchev–Trinajstić information content (AvgIpc) is 2.39. The molecule has 2 aliphatic rings. The van der Waals surface area contributed by atoms with Crippen molar-refractivity contribution < 1.29 is 0 Å². The first-order chi connectivity index (χ1) is 8.74. The average molecular weight is 266 g/mol. The third kappa shape index (κ3) is 2.41. The predicted molar refractivity (Wildman–Crippen MR) is 75.1 cm³/mol. The summed E-state index contributed by atoms with van der Waals surface area (Å²) in [6, 6.07) is 9.21. The van der Waals surface area contributed by atoms with Crippen molar-refractivity contribution in [2.24, 2.45) is 0 Å². The van der Waals surface area contributed by atoms with Gasteiger partial charge in [0.1, 0.15) is 0 Å². The van der Waals surface area contributed by atoms with Crippen molar-refractivity contribution in [1.82, 2.24) is 15.1 Å². The Morgan fingerprint density at radius 2 is 2.06 bits per heavy atom. The van der Waals surface area contributed by atoms with Crippen LogP contribution in [0, 0.1) is 0 Å². The SMILES string of the molecule is CN1CCN2CC(c3ccccc3Cl)NCC2C1. The molecule has 0 radical (unpaired) electrons. The number of halogens is 1. The van der Waals surface area contributed by atoms with Crippen LogP contribution >= 0.6 is 11.6 Å². The number of benzene rings is 1. The van der Waals surface area contributed by atoms with Gasteiger partial charge in [0.15, 0.2) is 0 Å². The lowest BCUT2D eigenvalue weighted by Gasteiger charge is -2.46. The molecule has 0 aliphatic carbocycles. The van der Waals surface area contributed by atoms with Crippen LogP contribution < -0.4 is 5.32 Å². The normalized spacial score (nSPS) is 30.1. The van der Waals surface area contributed by atoms with Crippen molar-refractivity contribution in [2.75, 3.05) is 39.8 Å². The molecule has 0 saturated carbocycles. The van der Waals surface area contributed by atoms with Crippen LogP contribution in [-0.2, 0) is 0 Å². The Balaban J connectivity index is 1.73. The number of hydrogen-bond donors (Lipinski definition) is 1. The van der Waals surface area contributed by atoms with E-state index in [2.05, 4.69) is 34.3 Å². The van der Waals surface area contributed by atoms with E-state index in [4.69, 9.17) is 11.6 Å². The minimum atomic E-state index is 0.373. The number of rotatable bonds is 1. The number of piperazine rings is 2. The molecule has 0 bridgehead atoms. The molecule has 2 aliphatic heterocycles. The van der Waals surface area contributed by atoms with Crippen molar-refractivity contribution in [3.05, 3.63) is 34.9 Å². The minimum absolute atomic E-state index is 0.373. The van der Waals surface area contributed by atoms with Crippen LogP contribution in [0.4, 0.5) is 0 Å². The van der Waals surface area contributed by atoms with Gasteiger partial charge in [0, 0.05) is 49.8 Å². The lowest BCUT2D eigenvalue weighted by molar-refractivity contribution is 0.0538. The van der Waals surface area contributed by atoms with Gasteiger partial charge in [-0.15, -0.1) is 0 Å². The van der Waals surface area contributed by atoms with Gasteiger partial charge in [-0.2, -0.15) is 0 Å². The molecule has 2 atom stereocenters. The second-order valence-electron chi connectivity index (χ2n) is 5.39. The van der Waals surface area contributed by atoms with Crippen LogP contribution in [0.5, 0.6) is 0 Å². The number of nitrogens with one attached hydrogen (secondary N) is 1. The maximum Gasteiger partial charge on any atom is 0.0464 e. The fourth-order valence-corrected chi connectivity index (χ4v) is 3.29. The molecule has 2 unspecified atom stereocenters. The van der Waals surface area contributed by atoms with Gasteiger partial charge in [0.05, 0.1) is 0 Å². The van der Waals surface area contributed by atoms with Crippen molar-refractivity contribution >= 4 is 11.6 Å². The molecule has 0 aromatic heterocycles. The molecule has 1 N–H and O–H groups in total. The van der Waals surface area contributed by atoms with E-state index in [-0.39, 0.29) is 0 Å². The quantitative estimate of drug-likeness (QED) is 0.832. The number of hydrogen-bond acceptors (Lipinski definition) is 3. The van der Waals surface area contributed by atoms with Crippen LogP contribution in [0.2, 0.25) is 5.02 Å². The zero-order chi connectivity index (χ0) is 12.5. The molecule has 98 valence electrons. The molecule has 2 heterocycles. The Morgan fingerprint density at radius 3 is 2.89 bits per heavy atom. The topological polar surface area (TPSA) is 18.5 Å². The van der Waals surface area contributed by atoms with E-state index in [1.165, 1.54) is 25.2 Å². The molecule has 1 aromatic rings. The van der Waals surface area contributed by atoms with Crippen LogP contribution in [0.25, 0.3) is 0 Å². The highest BCUT2D eigenvalue weighted by atomic mass is 35.5. The molecular weight excluding hydrogens is 246 g/mol. The van der Waals surface area contributed by atoms with Gasteiger partial charge in [-0.25, -0.2) is 0 Å². The summed E-state index contributed by atoms with van der Waals surface area (Å²) in [5, 5.41) is 4.52. The van der Waals surface area contributed by atoms with Crippen molar-refractivity contribution in [2.45, 2.75) is 12.1 Å². The lowest BCUT2D eigenvalue weighted by Crippen LogP contribution is -2.61. The van der Waals surface area contributed by atoms with Crippen molar-refractivity contribution in [3.8, 4) is 0 Å². The second kappa shape index (κ2) is 5.17. The number of nitrogens with zero attached hydrogens (tertiary/aromatic N) is 2. The Labute approximate surface area is 114 Å². The Kier molecular flexibility index (Phi) is 3.57. The Bertz CT molecular complexity index is 423. The summed E-state index contributed by atoms with van der Waals surface area (Å²) in [4.78, 5) is 5.02. The Morgan fingerprint density at radius 1 is 1.22 bits per heavy atom. The predicted octanol–water partition coefficient (Wildman–Crippen LogP) is 1.60. The fraction of sp³-hybridized carbons (Fsp3) is 0.571. The maximum atomic E-state index is 6.29. The summed E-state index contributed by atoms with van der Waals surface area (Å²) in [6.07, 6.45) is 0. The lowest BCUT2D eigenvalue weighted by atomic mass is 10.0. The molecule has 2 saturated heterocycles. The molecular formula is C14H20ClN3. The third-order valence-electron chi connectivity index (χ3n) is 4.11. The summed E-state index contributed by atoms with van der Waals surface area (Å²) >= 11 is 6.29. The van der Waals surface area contributed by atoms with Gasteiger partial charge in [-0.3, -0.25) is 4.90 Å². The van der Waals surface area contributed by atoms with E-state index in [1.54, 1.807) is 0 Å². The molecule has 2 fully saturated rings. The van der Waals surface area contributed by atoms with Crippen LogP contribution in [-0.4, -0.2) is 55.6 Å². The van der Waals surface area contributed by atoms with Gasteiger partial charge in [0.2, 0.25) is 0 Å². The van der Waals surface area contributed by atoms with Crippen molar-refractivity contribution in [1.29, 1.82) is 0 Å². The Hall–Kier alpha value is -0.610. The zero-order valence-electron chi connectivity index (χ0n) is 10.8. The first kappa shape index (κ1) is 12.4.